The highest BCUT2D eigenvalue weighted by Crippen LogP contribution is 2.26. The summed E-state index contributed by atoms with van der Waals surface area (Å²) in [4.78, 5) is 8.52. The number of nitrogens with zero attached hydrogens (tertiary/aromatic N) is 2. The van der Waals surface area contributed by atoms with Crippen LogP contribution in [-0.4, -0.2) is 16.6 Å². The van der Waals surface area contributed by atoms with E-state index in [0.29, 0.717) is 36.4 Å². The molecule has 6 heteroatoms. The van der Waals surface area contributed by atoms with E-state index in [1.165, 1.54) is 0 Å². The average molecular weight is 276 g/mol. The van der Waals surface area contributed by atoms with Crippen molar-refractivity contribution in [3.05, 3.63) is 30.0 Å². The fourth-order valence-corrected chi connectivity index (χ4v) is 1.70. The van der Waals surface area contributed by atoms with Gasteiger partial charge in [0.05, 0.1) is 19.4 Å². The highest BCUT2D eigenvalue weighted by Gasteiger charge is 2.11. The Labute approximate surface area is 118 Å². The predicted molar refractivity (Wildman–Crippen MR) is 77.6 cm³/mol. The highest BCUT2D eigenvalue weighted by molar-refractivity contribution is 5.66. The number of nitrogens with two attached hydrogens (primary N) is 1. The normalized spacial score (nSPS) is 10.5. The van der Waals surface area contributed by atoms with E-state index in [0.717, 1.165) is 18.6 Å². The minimum atomic E-state index is 0.429. The Morgan fingerprint density at radius 1 is 1.40 bits per heavy atom. The molecule has 6 nitrogen and oxygen atoms in total. The van der Waals surface area contributed by atoms with Crippen molar-refractivity contribution in [2.75, 3.05) is 17.7 Å². The number of ether oxygens (including phenoxy) is 1. The van der Waals surface area contributed by atoms with Crippen LogP contribution in [0.3, 0.4) is 0 Å². The maximum atomic E-state index is 6.03. The molecule has 0 saturated heterocycles. The van der Waals surface area contributed by atoms with Crippen molar-refractivity contribution in [2.45, 2.75) is 33.2 Å². The Balaban J connectivity index is 2.07. The van der Waals surface area contributed by atoms with Gasteiger partial charge in [-0.15, -0.1) is 0 Å². The molecule has 0 aliphatic heterocycles. The molecule has 2 rings (SSSR count). The molecule has 0 saturated carbocycles. The third kappa shape index (κ3) is 3.63. The van der Waals surface area contributed by atoms with Crippen LogP contribution in [-0.2, 0) is 6.54 Å². The Bertz CT molecular complexity index is 540. The molecule has 0 amide bonds. The summed E-state index contributed by atoms with van der Waals surface area (Å²) in [7, 11) is 0. The second kappa shape index (κ2) is 6.79. The summed E-state index contributed by atoms with van der Waals surface area (Å²) < 4.78 is 10.9. The number of hydrogen-bond acceptors (Lipinski definition) is 6. The number of nitrogens with one attached hydrogen (secondary N) is 1. The molecular weight excluding hydrogens is 256 g/mol. The second-order valence-corrected chi connectivity index (χ2v) is 4.47. The smallest absolute Gasteiger partial charge is 0.242 e. The first kappa shape index (κ1) is 14.2. The SMILES string of the molecule is CCCCOc1nc(C)nc(NCc2ccco2)c1N. The van der Waals surface area contributed by atoms with Gasteiger partial charge >= 0.3 is 0 Å². The number of furan rings is 1. The molecule has 20 heavy (non-hydrogen) atoms. The van der Waals surface area contributed by atoms with Gasteiger partial charge in [-0.1, -0.05) is 13.3 Å². The van der Waals surface area contributed by atoms with Crippen LogP contribution >= 0.6 is 0 Å². The molecule has 0 fully saturated rings. The van der Waals surface area contributed by atoms with Crippen LogP contribution in [0.4, 0.5) is 11.5 Å². The van der Waals surface area contributed by atoms with E-state index >= 15 is 0 Å². The van der Waals surface area contributed by atoms with Gasteiger partial charge in [0.15, 0.2) is 5.82 Å². The number of aryl methyl sites for hydroxylation is 1. The van der Waals surface area contributed by atoms with Crippen LogP contribution in [0, 0.1) is 6.92 Å². The van der Waals surface area contributed by atoms with Crippen LogP contribution < -0.4 is 15.8 Å². The van der Waals surface area contributed by atoms with Crippen LogP contribution in [0.25, 0.3) is 0 Å². The minimum Gasteiger partial charge on any atom is -0.476 e. The van der Waals surface area contributed by atoms with Crippen molar-refractivity contribution in [3.63, 3.8) is 0 Å². The van der Waals surface area contributed by atoms with E-state index in [2.05, 4.69) is 22.2 Å². The average Bonchev–Trinajstić information content (AvgIpc) is 2.94. The van der Waals surface area contributed by atoms with Crippen molar-refractivity contribution in [2.24, 2.45) is 0 Å². The first-order valence-electron chi connectivity index (χ1n) is 6.74. The summed E-state index contributed by atoms with van der Waals surface area (Å²) in [5.74, 6) is 2.44. The van der Waals surface area contributed by atoms with Gasteiger partial charge in [0.25, 0.3) is 0 Å². The molecule has 0 atom stereocenters. The Morgan fingerprint density at radius 2 is 2.25 bits per heavy atom. The van der Waals surface area contributed by atoms with Crippen LogP contribution in [0.15, 0.2) is 22.8 Å². The molecule has 3 N–H and O–H groups in total. The van der Waals surface area contributed by atoms with Crippen molar-refractivity contribution >= 4 is 11.5 Å². The van der Waals surface area contributed by atoms with Gasteiger partial charge in [-0.25, -0.2) is 4.98 Å². The summed E-state index contributed by atoms with van der Waals surface area (Å²) in [6.45, 7) is 5.04. The van der Waals surface area contributed by atoms with Crippen LogP contribution in [0.5, 0.6) is 5.88 Å². The molecule has 108 valence electrons. The molecule has 0 aromatic carbocycles. The van der Waals surface area contributed by atoms with E-state index < -0.39 is 0 Å². The van der Waals surface area contributed by atoms with Crippen molar-refractivity contribution in [1.82, 2.24) is 9.97 Å². The molecule has 0 radical (unpaired) electrons. The summed E-state index contributed by atoms with van der Waals surface area (Å²) in [5, 5.41) is 3.14. The van der Waals surface area contributed by atoms with Crippen LogP contribution in [0.2, 0.25) is 0 Å². The molecule has 2 aromatic rings. The fourth-order valence-electron chi connectivity index (χ4n) is 1.70. The summed E-state index contributed by atoms with van der Waals surface area (Å²) in [6.07, 6.45) is 3.66. The van der Waals surface area contributed by atoms with Gasteiger partial charge in [0.1, 0.15) is 17.3 Å². The van der Waals surface area contributed by atoms with Gasteiger partial charge < -0.3 is 20.2 Å². The van der Waals surface area contributed by atoms with E-state index in [-0.39, 0.29) is 0 Å². The second-order valence-electron chi connectivity index (χ2n) is 4.47. The van der Waals surface area contributed by atoms with Crippen molar-refractivity contribution in [1.29, 1.82) is 0 Å². The van der Waals surface area contributed by atoms with Gasteiger partial charge in [0.2, 0.25) is 5.88 Å². The third-order valence-electron chi connectivity index (χ3n) is 2.77. The van der Waals surface area contributed by atoms with Crippen molar-refractivity contribution in [3.8, 4) is 5.88 Å². The predicted octanol–water partition coefficient (Wildman–Crippen LogP) is 2.75. The standard InChI is InChI=1S/C14H20N4O2/c1-3-4-7-20-14-12(15)13(17-10(2)18-14)16-9-11-6-5-8-19-11/h5-6,8H,3-4,7,9,15H2,1-2H3,(H,16,17,18). The lowest BCUT2D eigenvalue weighted by atomic mass is 10.3. The van der Waals surface area contributed by atoms with E-state index in [4.69, 9.17) is 14.9 Å². The van der Waals surface area contributed by atoms with Crippen LogP contribution in [0.1, 0.15) is 31.4 Å². The summed E-state index contributed by atoms with van der Waals surface area (Å²) in [5.41, 5.74) is 6.46. The number of anilines is 2. The number of aromatic nitrogens is 2. The lowest BCUT2D eigenvalue weighted by Gasteiger charge is -2.12. The Kier molecular flexibility index (Phi) is 4.81. The van der Waals surface area contributed by atoms with E-state index in [1.807, 2.05) is 19.1 Å². The van der Waals surface area contributed by atoms with Crippen molar-refractivity contribution < 1.29 is 9.15 Å². The zero-order valence-corrected chi connectivity index (χ0v) is 11.8. The number of unbranched alkanes of at least 4 members (excludes halogenated alkanes) is 1. The largest absolute Gasteiger partial charge is 0.476 e. The maximum Gasteiger partial charge on any atom is 0.242 e. The number of rotatable bonds is 7. The van der Waals surface area contributed by atoms with Gasteiger partial charge in [-0.3, -0.25) is 0 Å². The van der Waals surface area contributed by atoms with E-state index in [9.17, 15) is 0 Å². The zero-order valence-electron chi connectivity index (χ0n) is 11.8. The maximum absolute atomic E-state index is 6.03. The lowest BCUT2D eigenvalue weighted by molar-refractivity contribution is 0.298. The Morgan fingerprint density at radius 3 is 2.95 bits per heavy atom. The lowest BCUT2D eigenvalue weighted by Crippen LogP contribution is -2.10. The zero-order chi connectivity index (χ0) is 14.4. The molecule has 2 heterocycles. The topological polar surface area (TPSA) is 86.2 Å². The highest BCUT2D eigenvalue weighted by atomic mass is 16.5. The van der Waals surface area contributed by atoms with Gasteiger partial charge in [-0.05, 0) is 25.5 Å². The number of hydrogen-bond donors (Lipinski definition) is 2. The minimum absolute atomic E-state index is 0.429. The molecule has 0 aliphatic carbocycles. The first-order valence-corrected chi connectivity index (χ1v) is 6.74. The first-order chi connectivity index (χ1) is 9.70. The molecule has 0 bridgehead atoms. The molecule has 2 aromatic heterocycles. The molecule has 0 aliphatic rings. The quantitative estimate of drug-likeness (QED) is 0.756. The van der Waals surface area contributed by atoms with Gasteiger partial charge in [-0.2, -0.15) is 4.98 Å². The molecular formula is C14H20N4O2. The number of nitrogen functional groups attached to an aromatic ring is 1. The summed E-state index contributed by atoms with van der Waals surface area (Å²) >= 11 is 0. The Hall–Kier alpha value is -2.24. The third-order valence-corrected chi connectivity index (χ3v) is 2.77. The van der Waals surface area contributed by atoms with Gasteiger partial charge in [0, 0.05) is 0 Å². The summed E-state index contributed by atoms with van der Waals surface area (Å²) in [6, 6.07) is 3.72. The van der Waals surface area contributed by atoms with E-state index in [1.54, 1.807) is 6.26 Å². The monoisotopic (exact) mass is 276 g/mol. The fraction of sp³-hybridized carbons (Fsp3) is 0.429. The molecule has 0 unspecified atom stereocenters. The molecule has 0 spiro atoms.